The lowest BCUT2D eigenvalue weighted by molar-refractivity contribution is 0.0998. The van der Waals surface area contributed by atoms with E-state index in [1.54, 1.807) is 14.0 Å². The molecule has 0 bridgehead atoms. The Morgan fingerprint density at radius 1 is 1.03 bits per heavy atom. The molecule has 3 aromatic carbocycles. The van der Waals surface area contributed by atoms with Gasteiger partial charge in [-0.3, -0.25) is 4.79 Å². The quantitative estimate of drug-likeness (QED) is 0.385. The van der Waals surface area contributed by atoms with Crippen molar-refractivity contribution in [3.63, 3.8) is 0 Å². The topological polar surface area (TPSA) is 81.0 Å². The Hall–Kier alpha value is -3.27. The number of nitrogens with zero attached hydrogens (tertiary/aromatic N) is 3. The summed E-state index contributed by atoms with van der Waals surface area (Å²) < 4.78 is 35.9. The second-order valence-corrected chi connectivity index (χ2v) is 10.6. The number of thiazole rings is 1. The van der Waals surface area contributed by atoms with Crippen LogP contribution in [0.3, 0.4) is 0 Å². The number of sulfonamides is 1. The molecule has 0 aliphatic rings. The van der Waals surface area contributed by atoms with Crippen LogP contribution < -0.4 is 9.54 Å². The number of amides is 1. The summed E-state index contributed by atoms with van der Waals surface area (Å²) in [5, 5.41) is 0. The van der Waals surface area contributed by atoms with Crippen molar-refractivity contribution in [1.82, 2.24) is 8.87 Å². The molecular weight excluding hydrogens is 470 g/mol. The average molecular weight is 496 g/mol. The molecule has 0 unspecified atom stereocenters. The van der Waals surface area contributed by atoms with Crippen molar-refractivity contribution >= 4 is 37.5 Å². The minimum Gasteiger partial charge on any atom is -0.495 e. The molecule has 0 aliphatic carbocycles. The highest BCUT2D eigenvalue weighted by Crippen LogP contribution is 2.26. The molecule has 0 spiro atoms. The van der Waals surface area contributed by atoms with Crippen molar-refractivity contribution in [2.24, 2.45) is 12.0 Å². The summed E-state index contributed by atoms with van der Waals surface area (Å²) in [6.45, 7) is 2.41. The monoisotopic (exact) mass is 495 g/mol. The number of rotatable bonds is 7. The van der Waals surface area contributed by atoms with E-state index >= 15 is 0 Å². The standard InChI is InChI=1S/C25H25N3O4S2/c1-4-28(17-18-9-6-5-7-10-18)34(30,31)20-15-13-19(14-16-20)24(29)26-25-27(2)23-21(32-3)11-8-12-22(23)33-25/h5-16H,4,17H2,1-3H3. The normalized spacial score (nSPS) is 12.4. The van der Waals surface area contributed by atoms with E-state index in [-0.39, 0.29) is 11.4 Å². The zero-order valence-electron chi connectivity index (χ0n) is 19.1. The van der Waals surface area contributed by atoms with Gasteiger partial charge in [-0.25, -0.2) is 8.42 Å². The van der Waals surface area contributed by atoms with Crippen LogP contribution in [0.5, 0.6) is 5.75 Å². The summed E-state index contributed by atoms with van der Waals surface area (Å²) >= 11 is 1.38. The lowest BCUT2D eigenvalue weighted by Gasteiger charge is -2.20. The lowest BCUT2D eigenvalue weighted by Crippen LogP contribution is -2.30. The van der Waals surface area contributed by atoms with Crippen LogP contribution in [0, 0.1) is 0 Å². The molecule has 7 nitrogen and oxygen atoms in total. The number of aryl methyl sites for hydroxylation is 1. The zero-order valence-corrected chi connectivity index (χ0v) is 20.8. The van der Waals surface area contributed by atoms with Crippen LogP contribution in [0.2, 0.25) is 0 Å². The minimum absolute atomic E-state index is 0.138. The average Bonchev–Trinajstić information content (AvgIpc) is 3.18. The van der Waals surface area contributed by atoms with Crippen molar-refractivity contribution in [2.75, 3.05) is 13.7 Å². The number of hydrogen-bond donors (Lipinski definition) is 0. The van der Waals surface area contributed by atoms with E-state index < -0.39 is 15.9 Å². The van der Waals surface area contributed by atoms with Gasteiger partial charge in [-0.15, -0.1) is 0 Å². The summed E-state index contributed by atoms with van der Waals surface area (Å²) in [4.78, 5) is 17.8. The maximum atomic E-state index is 13.1. The molecule has 4 aromatic rings. The number of hydrogen-bond acceptors (Lipinski definition) is 5. The Kier molecular flexibility index (Phi) is 6.97. The lowest BCUT2D eigenvalue weighted by atomic mass is 10.2. The van der Waals surface area contributed by atoms with E-state index in [9.17, 15) is 13.2 Å². The Labute approximate surface area is 202 Å². The van der Waals surface area contributed by atoms with Gasteiger partial charge < -0.3 is 9.30 Å². The molecule has 0 saturated heterocycles. The number of ether oxygens (including phenoxy) is 1. The number of carbonyl (C=O) groups excluding carboxylic acids is 1. The smallest absolute Gasteiger partial charge is 0.279 e. The van der Waals surface area contributed by atoms with Crippen LogP contribution in [0.25, 0.3) is 10.2 Å². The van der Waals surface area contributed by atoms with Gasteiger partial charge in [-0.05, 0) is 42.0 Å². The molecule has 9 heteroatoms. The first-order valence-corrected chi connectivity index (χ1v) is 13.0. The van der Waals surface area contributed by atoms with Gasteiger partial charge in [0, 0.05) is 25.7 Å². The third-order valence-corrected chi connectivity index (χ3v) is 8.53. The molecule has 1 aromatic heterocycles. The van der Waals surface area contributed by atoms with Crippen LogP contribution in [0.15, 0.2) is 82.7 Å². The summed E-state index contributed by atoms with van der Waals surface area (Å²) in [6.07, 6.45) is 0. The number of benzene rings is 3. The maximum absolute atomic E-state index is 13.1. The van der Waals surface area contributed by atoms with Crippen LogP contribution in [0.1, 0.15) is 22.8 Å². The first-order valence-electron chi connectivity index (χ1n) is 10.7. The largest absolute Gasteiger partial charge is 0.495 e. The van der Waals surface area contributed by atoms with E-state index in [2.05, 4.69) is 4.99 Å². The van der Waals surface area contributed by atoms with Gasteiger partial charge >= 0.3 is 0 Å². The molecular formula is C25H25N3O4S2. The fourth-order valence-corrected chi connectivity index (χ4v) is 6.14. The SMILES string of the molecule is CCN(Cc1ccccc1)S(=O)(=O)c1ccc(C(=O)N=c2sc3cccc(OC)c3n2C)cc1. The molecule has 1 heterocycles. The van der Waals surface area contributed by atoms with Crippen molar-refractivity contribution in [2.45, 2.75) is 18.4 Å². The fraction of sp³-hybridized carbons (Fsp3) is 0.200. The molecule has 0 atom stereocenters. The summed E-state index contributed by atoms with van der Waals surface area (Å²) in [5.41, 5.74) is 2.09. The number of methoxy groups -OCH3 is 1. The first kappa shape index (κ1) is 23.9. The maximum Gasteiger partial charge on any atom is 0.279 e. The van der Waals surface area contributed by atoms with Gasteiger partial charge in [0.15, 0.2) is 4.80 Å². The Morgan fingerprint density at radius 2 is 1.74 bits per heavy atom. The molecule has 176 valence electrons. The van der Waals surface area contributed by atoms with Crippen LogP contribution in [-0.4, -0.2) is 36.9 Å². The van der Waals surface area contributed by atoms with Crippen LogP contribution in [-0.2, 0) is 23.6 Å². The van der Waals surface area contributed by atoms with Gasteiger partial charge in [0.2, 0.25) is 10.0 Å². The number of carbonyl (C=O) groups is 1. The van der Waals surface area contributed by atoms with Crippen molar-refractivity contribution in [3.8, 4) is 5.75 Å². The first-order chi connectivity index (χ1) is 16.3. The highest BCUT2D eigenvalue weighted by molar-refractivity contribution is 7.89. The summed E-state index contributed by atoms with van der Waals surface area (Å²) in [7, 11) is -0.278. The van der Waals surface area contributed by atoms with E-state index in [1.165, 1.54) is 39.9 Å². The molecule has 4 rings (SSSR count). The van der Waals surface area contributed by atoms with Crippen molar-refractivity contribution < 1.29 is 17.9 Å². The number of aromatic nitrogens is 1. The minimum atomic E-state index is -3.71. The van der Waals surface area contributed by atoms with Gasteiger partial charge in [0.25, 0.3) is 5.91 Å². The fourth-order valence-electron chi connectivity index (χ4n) is 3.66. The van der Waals surface area contributed by atoms with Crippen molar-refractivity contribution in [3.05, 3.63) is 88.7 Å². The Bertz CT molecular complexity index is 1490. The number of fused-ring (bicyclic) bond motifs is 1. The second-order valence-electron chi connectivity index (χ2n) is 7.61. The third-order valence-electron chi connectivity index (χ3n) is 5.50. The molecule has 0 aliphatic heterocycles. The van der Waals surface area contributed by atoms with Gasteiger partial charge in [0.05, 0.1) is 16.7 Å². The number of para-hydroxylation sites is 1. The molecule has 0 radical (unpaired) electrons. The molecule has 0 fully saturated rings. The van der Waals surface area contributed by atoms with E-state index in [0.717, 1.165) is 15.8 Å². The Morgan fingerprint density at radius 3 is 2.38 bits per heavy atom. The predicted molar refractivity (Wildman–Crippen MR) is 133 cm³/mol. The molecule has 34 heavy (non-hydrogen) atoms. The van der Waals surface area contributed by atoms with Gasteiger partial charge in [0.1, 0.15) is 11.3 Å². The van der Waals surface area contributed by atoms with E-state index in [4.69, 9.17) is 4.74 Å². The van der Waals surface area contributed by atoms with Gasteiger partial charge in [-0.2, -0.15) is 9.30 Å². The molecule has 0 N–H and O–H groups in total. The molecule has 0 saturated carbocycles. The van der Waals surface area contributed by atoms with Crippen LogP contribution >= 0.6 is 11.3 Å². The predicted octanol–water partition coefficient (Wildman–Crippen LogP) is 4.20. The highest BCUT2D eigenvalue weighted by atomic mass is 32.2. The van der Waals surface area contributed by atoms with E-state index in [0.29, 0.717) is 22.7 Å². The van der Waals surface area contributed by atoms with Gasteiger partial charge in [-0.1, -0.05) is 54.7 Å². The summed E-state index contributed by atoms with van der Waals surface area (Å²) in [6, 6.07) is 21.1. The zero-order chi connectivity index (χ0) is 24.3. The highest BCUT2D eigenvalue weighted by Gasteiger charge is 2.23. The summed E-state index contributed by atoms with van der Waals surface area (Å²) in [5.74, 6) is 0.261. The Balaban J connectivity index is 1.60. The third kappa shape index (κ3) is 4.68. The van der Waals surface area contributed by atoms with E-state index in [1.807, 2.05) is 60.1 Å². The van der Waals surface area contributed by atoms with Crippen molar-refractivity contribution in [1.29, 1.82) is 0 Å². The molecule has 1 amide bonds. The second kappa shape index (κ2) is 9.92. The van der Waals surface area contributed by atoms with Crippen LogP contribution in [0.4, 0.5) is 0 Å².